The van der Waals surface area contributed by atoms with Crippen LogP contribution >= 0.6 is 0 Å². The van der Waals surface area contributed by atoms with E-state index in [0.29, 0.717) is 23.6 Å². The number of hydrogen-bond acceptors (Lipinski definition) is 4. The van der Waals surface area contributed by atoms with Crippen LogP contribution in [-0.2, 0) is 16.0 Å². The Labute approximate surface area is 201 Å². The molecule has 0 saturated carbocycles. The number of phenols is 1. The molecule has 0 bridgehead atoms. The van der Waals surface area contributed by atoms with Gasteiger partial charge in [0, 0.05) is 24.6 Å². The third kappa shape index (κ3) is 6.38. The Morgan fingerprint density at radius 2 is 1.62 bits per heavy atom. The van der Waals surface area contributed by atoms with Crippen LogP contribution in [-0.4, -0.2) is 23.0 Å². The summed E-state index contributed by atoms with van der Waals surface area (Å²) in [6.45, 7) is 9.26. The minimum atomic E-state index is -0.692. The number of anilines is 1. The van der Waals surface area contributed by atoms with Crippen molar-refractivity contribution in [3.8, 4) is 17.2 Å². The van der Waals surface area contributed by atoms with Gasteiger partial charge in [-0.05, 0) is 66.8 Å². The summed E-state index contributed by atoms with van der Waals surface area (Å²) in [5, 5.41) is 15.7. The summed E-state index contributed by atoms with van der Waals surface area (Å²) >= 11 is 0. The molecule has 0 aliphatic carbocycles. The topological polar surface area (TPSA) is 87.7 Å². The highest BCUT2D eigenvalue weighted by Crippen LogP contribution is 2.35. The quantitative estimate of drug-likeness (QED) is 0.408. The van der Waals surface area contributed by atoms with Crippen LogP contribution in [0.5, 0.6) is 17.2 Å². The number of nitrogens with one attached hydrogen (secondary N) is 2. The van der Waals surface area contributed by atoms with Gasteiger partial charge in [0.05, 0.1) is 0 Å². The SMILES string of the molecule is CC(=O)NC(Cc1ccccc1)C(=O)Nc1cc(C)c(Oc2ccc(O)c(C(C)C)c2)c(C)c1. The maximum Gasteiger partial charge on any atom is 0.247 e. The zero-order valence-corrected chi connectivity index (χ0v) is 20.3. The van der Waals surface area contributed by atoms with Gasteiger partial charge in [-0.3, -0.25) is 9.59 Å². The first-order chi connectivity index (χ1) is 16.1. The molecule has 3 rings (SSSR count). The molecule has 6 heteroatoms. The molecule has 0 spiro atoms. The van der Waals surface area contributed by atoms with Crippen LogP contribution in [0.1, 0.15) is 48.9 Å². The highest BCUT2D eigenvalue weighted by atomic mass is 16.5. The van der Waals surface area contributed by atoms with Crippen molar-refractivity contribution in [3.05, 3.63) is 82.9 Å². The first-order valence-corrected chi connectivity index (χ1v) is 11.4. The molecule has 0 heterocycles. The lowest BCUT2D eigenvalue weighted by Gasteiger charge is -2.19. The molecule has 3 N–H and O–H groups in total. The molecule has 34 heavy (non-hydrogen) atoms. The van der Waals surface area contributed by atoms with Gasteiger partial charge in [-0.25, -0.2) is 0 Å². The van der Waals surface area contributed by atoms with Crippen molar-refractivity contribution in [1.29, 1.82) is 0 Å². The van der Waals surface area contributed by atoms with Crippen LogP contribution in [0.3, 0.4) is 0 Å². The minimum absolute atomic E-state index is 0.163. The first kappa shape index (κ1) is 24.8. The molecule has 0 fully saturated rings. The number of carbonyl (C=O) groups excluding carboxylic acids is 2. The lowest BCUT2D eigenvalue weighted by atomic mass is 10.0. The van der Waals surface area contributed by atoms with E-state index in [1.54, 1.807) is 12.1 Å². The van der Waals surface area contributed by atoms with Crippen molar-refractivity contribution in [1.82, 2.24) is 5.32 Å². The summed E-state index contributed by atoms with van der Waals surface area (Å²) in [6, 6.07) is 17.8. The largest absolute Gasteiger partial charge is 0.508 e. The zero-order valence-electron chi connectivity index (χ0n) is 20.3. The van der Waals surface area contributed by atoms with E-state index < -0.39 is 6.04 Å². The van der Waals surface area contributed by atoms with Crippen molar-refractivity contribution in [2.24, 2.45) is 0 Å². The molecule has 6 nitrogen and oxygen atoms in total. The summed E-state index contributed by atoms with van der Waals surface area (Å²) in [5.41, 5.74) is 4.12. The zero-order chi connectivity index (χ0) is 24.8. The third-order valence-corrected chi connectivity index (χ3v) is 5.55. The Hall–Kier alpha value is -3.80. The highest BCUT2D eigenvalue weighted by molar-refractivity contribution is 5.97. The van der Waals surface area contributed by atoms with Crippen molar-refractivity contribution in [2.45, 2.75) is 53.0 Å². The number of hydrogen-bond donors (Lipinski definition) is 3. The molecule has 0 aliphatic rings. The Bertz CT molecular complexity index is 1150. The van der Waals surface area contributed by atoms with Gasteiger partial charge >= 0.3 is 0 Å². The summed E-state index contributed by atoms with van der Waals surface area (Å²) in [7, 11) is 0. The number of aryl methyl sites for hydroxylation is 2. The summed E-state index contributed by atoms with van der Waals surface area (Å²) < 4.78 is 6.14. The van der Waals surface area contributed by atoms with E-state index >= 15 is 0 Å². The number of ether oxygens (including phenoxy) is 1. The van der Waals surface area contributed by atoms with Gasteiger partial charge in [0.2, 0.25) is 11.8 Å². The van der Waals surface area contributed by atoms with Crippen molar-refractivity contribution < 1.29 is 19.4 Å². The number of aromatic hydroxyl groups is 1. The monoisotopic (exact) mass is 460 g/mol. The summed E-state index contributed by atoms with van der Waals surface area (Å²) in [6.07, 6.45) is 0.393. The summed E-state index contributed by atoms with van der Waals surface area (Å²) in [5.74, 6) is 1.20. The maximum absolute atomic E-state index is 13.0. The van der Waals surface area contributed by atoms with Crippen LogP contribution in [0.4, 0.5) is 5.69 Å². The van der Waals surface area contributed by atoms with E-state index in [2.05, 4.69) is 10.6 Å². The van der Waals surface area contributed by atoms with Gasteiger partial charge in [-0.1, -0.05) is 44.2 Å². The molecule has 3 aromatic carbocycles. The second kappa shape index (κ2) is 10.9. The van der Waals surface area contributed by atoms with Crippen LogP contribution in [0.15, 0.2) is 60.7 Å². The van der Waals surface area contributed by atoms with Gasteiger partial charge in [0.1, 0.15) is 23.3 Å². The number of phenolic OH excluding ortho intramolecular Hbond substituents is 1. The molecule has 0 aromatic heterocycles. The Balaban J connectivity index is 1.78. The van der Waals surface area contributed by atoms with E-state index in [1.807, 2.05) is 76.2 Å². The highest BCUT2D eigenvalue weighted by Gasteiger charge is 2.21. The van der Waals surface area contributed by atoms with E-state index in [0.717, 1.165) is 22.3 Å². The fourth-order valence-electron chi connectivity index (χ4n) is 3.89. The van der Waals surface area contributed by atoms with Gasteiger partial charge in [-0.15, -0.1) is 0 Å². The normalized spacial score (nSPS) is 11.7. The second-order valence-corrected chi connectivity index (χ2v) is 8.85. The predicted molar refractivity (Wildman–Crippen MR) is 135 cm³/mol. The average Bonchev–Trinajstić information content (AvgIpc) is 2.77. The number of carbonyl (C=O) groups is 2. The standard InChI is InChI=1S/C28H32N2O4/c1-17(2)24-16-23(11-12-26(24)32)34-27-18(3)13-22(14-19(27)4)30-28(33)25(29-20(5)31)15-21-9-7-6-8-10-21/h6-14,16-17,25,32H,15H2,1-5H3,(H,29,31)(H,30,33). The molecule has 1 unspecified atom stereocenters. The predicted octanol–water partition coefficient (Wildman–Crippen LogP) is 5.61. The minimum Gasteiger partial charge on any atom is -0.508 e. The van der Waals surface area contributed by atoms with Crippen LogP contribution in [0.2, 0.25) is 0 Å². The van der Waals surface area contributed by atoms with Gasteiger partial charge in [-0.2, -0.15) is 0 Å². The molecular weight excluding hydrogens is 428 g/mol. The summed E-state index contributed by atoms with van der Waals surface area (Å²) in [4.78, 5) is 24.7. The number of benzene rings is 3. The smallest absolute Gasteiger partial charge is 0.247 e. The molecule has 0 aliphatic heterocycles. The van der Waals surface area contributed by atoms with E-state index in [9.17, 15) is 14.7 Å². The van der Waals surface area contributed by atoms with Gasteiger partial charge in [0.25, 0.3) is 0 Å². The maximum atomic E-state index is 13.0. The molecule has 0 saturated heterocycles. The van der Waals surface area contributed by atoms with Crippen molar-refractivity contribution in [2.75, 3.05) is 5.32 Å². The fraction of sp³-hybridized carbons (Fsp3) is 0.286. The first-order valence-electron chi connectivity index (χ1n) is 11.4. The third-order valence-electron chi connectivity index (χ3n) is 5.55. The molecule has 3 aromatic rings. The van der Waals surface area contributed by atoms with Crippen LogP contribution in [0, 0.1) is 13.8 Å². The van der Waals surface area contributed by atoms with E-state index in [-0.39, 0.29) is 23.5 Å². The molecule has 0 radical (unpaired) electrons. The van der Waals surface area contributed by atoms with Gasteiger partial charge < -0.3 is 20.5 Å². The van der Waals surface area contributed by atoms with Crippen LogP contribution < -0.4 is 15.4 Å². The van der Waals surface area contributed by atoms with Crippen molar-refractivity contribution in [3.63, 3.8) is 0 Å². The van der Waals surface area contributed by atoms with Crippen molar-refractivity contribution >= 4 is 17.5 Å². The van der Waals surface area contributed by atoms with E-state index in [4.69, 9.17) is 4.74 Å². The Morgan fingerprint density at radius 3 is 2.21 bits per heavy atom. The molecular formula is C28H32N2O4. The molecule has 178 valence electrons. The Morgan fingerprint density at radius 1 is 0.971 bits per heavy atom. The number of amides is 2. The lowest BCUT2D eigenvalue weighted by Crippen LogP contribution is -2.44. The second-order valence-electron chi connectivity index (χ2n) is 8.85. The molecule has 2 amide bonds. The van der Waals surface area contributed by atoms with E-state index in [1.165, 1.54) is 6.92 Å². The van der Waals surface area contributed by atoms with Crippen LogP contribution in [0.25, 0.3) is 0 Å². The van der Waals surface area contributed by atoms with Gasteiger partial charge in [0.15, 0.2) is 0 Å². The number of rotatable bonds is 8. The fourth-order valence-corrected chi connectivity index (χ4v) is 3.89. The lowest BCUT2D eigenvalue weighted by molar-refractivity contribution is -0.125. The Kier molecular flexibility index (Phi) is 7.95. The molecule has 1 atom stereocenters. The average molecular weight is 461 g/mol.